The van der Waals surface area contributed by atoms with Gasteiger partial charge in [0.1, 0.15) is 0 Å². The molecule has 238 valence electrons. The van der Waals surface area contributed by atoms with Crippen LogP contribution in [0.25, 0.3) is 0 Å². The van der Waals surface area contributed by atoms with Gasteiger partial charge in [0, 0.05) is 62.5 Å². The van der Waals surface area contributed by atoms with Gasteiger partial charge in [0.15, 0.2) is 0 Å². The fraction of sp³-hybridized carbons (Fsp3) is 0.368. The summed E-state index contributed by atoms with van der Waals surface area (Å²) in [5.74, 6) is -0.498. The van der Waals surface area contributed by atoms with Crippen molar-refractivity contribution in [2.75, 3.05) is 26.2 Å². The lowest BCUT2D eigenvalue weighted by molar-refractivity contribution is -0.132. The lowest BCUT2D eigenvalue weighted by Gasteiger charge is -2.39. The number of nitrogens with zero attached hydrogens (tertiary/aromatic N) is 4. The van der Waals surface area contributed by atoms with Crippen molar-refractivity contribution in [3.63, 3.8) is 0 Å². The summed E-state index contributed by atoms with van der Waals surface area (Å²) in [6, 6.07) is 30.6. The molecule has 1 saturated heterocycles. The van der Waals surface area contributed by atoms with Crippen molar-refractivity contribution in [3.8, 4) is 6.07 Å². The van der Waals surface area contributed by atoms with Crippen LogP contribution in [0.2, 0.25) is 0 Å². The van der Waals surface area contributed by atoms with Crippen molar-refractivity contribution in [1.29, 1.82) is 5.26 Å². The standard InChI is InChI=1S/C38H44N6O2/c1-38(2,3)42-37(46)33-20-32(24-43(25-33)26-35(30-10-6-4-7-11-30)31-12-8-5-9-13-31)36(45)41-19-18-34-22-40-27-44(34)23-29-16-14-28(21-39)15-17-29/h4-17,22,27,32-33,35H,18-20,23-26H2,1-3H3,(H,41,45)(H,42,46). The van der Waals surface area contributed by atoms with Gasteiger partial charge in [-0.25, -0.2) is 4.98 Å². The number of benzene rings is 3. The lowest BCUT2D eigenvalue weighted by Crippen LogP contribution is -2.53. The number of carbonyl (C=O) groups excluding carboxylic acids is 2. The zero-order valence-electron chi connectivity index (χ0n) is 27.0. The van der Waals surface area contributed by atoms with E-state index in [2.05, 4.69) is 79.7 Å². The first-order valence-corrected chi connectivity index (χ1v) is 16.1. The Balaban J connectivity index is 1.26. The number of piperidine rings is 1. The van der Waals surface area contributed by atoms with E-state index in [-0.39, 0.29) is 35.1 Å². The molecule has 0 saturated carbocycles. The molecular weight excluding hydrogens is 572 g/mol. The topological polar surface area (TPSA) is 103 Å². The maximum atomic E-state index is 13.7. The van der Waals surface area contributed by atoms with Gasteiger partial charge in [-0.05, 0) is 56.0 Å². The van der Waals surface area contributed by atoms with Crippen LogP contribution in [-0.4, -0.2) is 58.0 Å². The number of hydrogen-bond donors (Lipinski definition) is 2. The van der Waals surface area contributed by atoms with Gasteiger partial charge in [-0.15, -0.1) is 0 Å². The maximum absolute atomic E-state index is 13.7. The van der Waals surface area contributed by atoms with Gasteiger partial charge in [0.2, 0.25) is 11.8 Å². The molecule has 5 rings (SSSR count). The third-order valence-corrected chi connectivity index (χ3v) is 8.53. The molecule has 2 unspecified atom stereocenters. The Kier molecular flexibility index (Phi) is 10.7. The number of imidazole rings is 1. The number of nitriles is 1. The number of nitrogens with one attached hydrogen (secondary N) is 2. The first kappa shape index (κ1) is 32.6. The van der Waals surface area contributed by atoms with Gasteiger partial charge in [-0.1, -0.05) is 72.8 Å². The second kappa shape index (κ2) is 15.0. The van der Waals surface area contributed by atoms with Crippen molar-refractivity contribution in [2.45, 2.75) is 51.6 Å². The Morgan fingerprint density at radius 1 is 0.913 bits per heavy atom. The molecule has 1 fully saturated rings. The molecule has 2 amide bonds. The Morgan fingerprint density at radius 3 is 2.11 bits per heavy atom. The molecule has 2 heterocycles. The minimum atomic E-state index is -0.353. The average molecular weight is 617 g/mol. The minimum absolute atomic E-state index is 0.00215. The fourth-order valence-electron chi connectivity index (χ4n) is 6.26. The molecule has 8 nitrogen and oxygen atoms in total. The summed E-state index contributed by atoms with van der Waals surface area (Å²) < 4.78 is 2.07. The van der Waals surface area contributed by atoms with Crippen molar-refractivity contribution < 1.29 is 9.59 Å². The van der Waals surface area contributed by atoms with Gasteiger partial charge >= 0.3 is 0 Å². The van der Waals surface area contributed by atoms with Crippen LogP contribution in [0.1, 0.15) is 61.1 Å². The van der Waals surface area contributed by atoms with E-state index in [9.17, 15) is 9.59 Å². The summed E-state index contributed by atoms with van der Waals surface area (Å²) in [4.78, 5) is 33.8. The summed E-state index contributed by atoms with van der Waals surface area (Å²) in [7, 11) is 0. The molecule has 46 heavy (non-hydrogen) atoms. The van der Waals surface area contributed by atoms with E-state index >= 15 is 0 Å². The molecular formula is C38H44N6O2. The molecule has 1 aliphatic rings. The third-order valence-electron chi connectivity index (χ3n) is 8.53. The smallest absolute Gasteiger partial charge is 0.224 e. The Labute approximate surface area is 272 Å². The molecule has 0 bridgehead atoms. The SMILES string of the molecule is CC(C)(C)NC(=O)C1CC(C(=O)NCCc2cncn2Cc2ccc(C#N)cc2)CN(CC(c2ccccc2)c2ccccc2)C1. The number of hydrogen-bond acceptors (Lipinski definition) is 5. The van der Waals surface area contributed by atoms with Crippen LogP contribution in [0, 0.1) is 23.2 Å². The Morgan fingerprint density at radius 2 is 1.52 bits per heavy atom. The zero-order chi connectivity index (χ0) is 32.5. The van der Waals surface area contributed by atoms with E-state index in [0.717, 1.165) is 11.3 Å². The molecule has 0 radical (unpaired) electrons. The number of likely N-dealkylation sites (tertiary alicyclic amines) is 1. The van der Waals surface area contributed by atoms with Gasteiger partial charge in [0.05, 0.1) is 29.8 Å². The molecule has 2 N–H and O–H groups in total. The summed E-state index contributed by atoms with van der Waals surface area (Å²) in [5.41, 5.74) is 4.81. The molecule has 0 spiro atoms. The predicted molar refractivity (Wildman–Crippen MR) is 180 cm³/mol. The van der Waals surface area contributed by atoms with Crippen molar-refractivity contribution in [1.82, 2.24) is 25.1 Å². The number of amides is 2. The highest BCUT2D eigenvalue weighted by Gasteiger charge is 2.37. The van der Waals surface area contributed by atoms with Crippen LogP contribution < -0.4 is 10.6 Å². The number of carbonyl (C=O) groups is 2. The van der Waals surface area contributed by atoms with E-state index in [1.54, 1.807) is 6.33 Å². The van der Waals surface area contributed by atoms with Crippen molar-refractivity contribution >= 4 is 11.8 Å². The molecule has 4 aromatic rings. The summed E-state index contributed by atoms with van der Waals surface area (Å²) in [6.07, 6.45) is 4.78. The van der Waals surface area contributed by atoms with E-state index in [4.69, 9.17) is 5.26 Å². The largest absolute Gasteiger partial charge is 0.355 e. The maximum Gasteiger partial charge on any atom is 0.224 e. The van der Waals surface area contributed by atoms with Crippen LogP contribution in [0.3, 0.4) is 0 Å². The highest BCUT2D eigenvalue weighted by atomic mass is 16.2. The molecule has 0 aliphatic carbocycles. The van der Waals surface area contributed by atoms with Crippen LogP contribution in [0.5, 0.6) is 0 Å². The monoisotopic (exact) mass is 616 g/mol. The summed E-state index contributed by atoms with van der Waals surface area (Å²) >= 11 is 0. The number of rotatable bonds is 11. The van der Waals surface area contributed by atoms with E-state index in [1.807, 2.05) is 63.4 Å². The zero-order valence-corrected chi connectivity index (χ0v) is 27.0. The van der Waals surface area contributed by atoms with E-state index in [0.29, 0.717) is 51.1 Å². The molecule has 8 heteroatoms. The Hall–Kier alpha value is -4.74. The first-order valence-electron chi connectivity index (χ1n) is 16.1. The molecule has 1 aromatic heterocycles. The minimum Gasteiger partial charge on any atom is -0.355 e. The van der Waals surface area contributed by atoms with E-state index in [1.165, 1.54) is 11.1 Å². The summed E-state index contributed by atoms with van der Waals surface area (Å²) in [6.45, 7) is 9.00. The first-order chi connectivity index (χ1) is 22.2. The van der Waals surface area contributed by atoms with Gasteiger partial charge in [0.25, 0.3) is 0 Å². The van der Waals surface area contributed by atoms with Gasteiger partial charge in [-0.2, -0.15) is 5.26 Å². The van der Waals surface area contributed by atoms with Gasteiger partial charge < -0.3 is 20.1 Å². The van der Waals surface area contributed by atoms with Crippen molar-refractivity contribution in [3.05, 3.63) is 125 Å². The summed E-state index contributed by atoms with van der Waals surface area (Å²) in [5, 5.41) is 15.4. The predicted octanol–water partition coefficient (Wildman–Crippen LogP) is 5.15. The third kappa shape index (κ3) is 8.92. The highest BCUT2D eigenvalue weighted by molar-refractivity contribution is 5.83. The molecule has 1 aliphatic heterocycles. The fourth-order valence-corrected chi connectivity index (χ4v) is 6.26. The number of aromatic nitrogens is 2. The normalized spacial score (nSPS) is 16.9. The average Bonchev–Trinajstić information content (AvgIpc) is 3.50. The Bertz CT molecular complexity index is 1580. The van der Waals surface area contributed by atoms with Crippen LogP contribution in [0.4, 0.5) is 0 Å². The molecule has 3 aromatic carbocycles. The molecule has 2 atom stereocenters. The van der Waals surface area contributed by atoms with Crippen molar-refractivity contribution in [2.24, 2.45) is 11.8 Å². The van der Waals surface area contributed by atoms with Gasteiger partial charge in [-0.3, -0.25) is 9.59 Å². The highest BCUT2D eigenvalue weighted by Crippen LogP contribution is 2.30. The second-order valence-electron chi connectivity index (χ2n) is 13.3. The lowest BCUT2D eigenvalue weighted by atomic mass is 9.85. The quantitative estimate of drug-likeness (QED) is 0.243. The van der Waals surface area contributed by atoms with E-state index < -0.39 is 0 Å². The van der Waals surface area contributed by atoms with Crippen LogP contribution in [-0.2, 0) is 22.6 Å². The van der Waals surface area contributed by atoms with Crippen LogP contribution in [0.15, 0.2) is 97.5 Å². The second-order valence-corrected chi connectivity index (χ2v) is 13.3. The van der Waals surface area contributed by atoms with Crippen LogP contribution >= 0.6 is 0 Å².